The Morgan fingerprint density at radius 3 is 1.83 bits per heavy atom. The highest BCUT2D eigenvalue weighted by Gasteiger charge is 2.44. The van der Waals surface area contributed by atoms with Crippen molar-refractivity contribution in [1.82, 2.24) is 14.5 Å². The summed E-state index contributed by atoms with van der Waals surface area (Å²) in [6.07, 6.45) is 5.46. The molecule has 1 unspecified atom stereocenters. The lowest BCUT2D eigenvalue weighted by molar-refractivity contribution is 0.0990. The third kappa shape index (κ3) is 5.56. The van der Waals surface area contributed by atoms with Crippen molar-refractivity contribution in [2.75, 3.05) is 4.90 Å². The van der Waals surface area contributed by atoms with Gasteiger partial charge in [0.1, 0.15) is 11.1 Å². The van der Waals surface area contributed by atoms with Crippen LogP contribution in [0.5, 0.6) is 0 Å². The normalized spacial score (nSPS) is 14.6. The Kier molecular flexibility index (Phi) is 8.79. The van der Waals surface area contributed by atoms with Gasteiger partial charge in [0.25, 0.3) is 5.91 Å². The van der Waals surface area contributed by atoms with Gasteiger partial charge >= 0.3 is 0 Å². The summed E-state index contributed by atoms with van der Waals surface area (Å²) in [5, 5.41) is -0.538. The van der Waals surface area contributed by atoms with E-state index in [1.165, 1.54) is 0 Å². The molecule has 7 nitrogen and oxygen atoms in total. The summed E-state index contributed by atoms with van der Waals surface area (Å²) < 4.78 is 28.1. The molecule has 2 aromatic heterocycles. The van der Waals surface area contributed by atoms with Crippen LogP contribution in [0.1, 0.15) is 72.3 Å². The Bertz CT molecular complexity index is 2440. The van der Waals surface area contributed by atoms with Crippen LogP contribution in [0.15, 0.2) is 157 Å². The largest absolute Gasteiger partial charge is 0.310 e. The van der Waals surface area contributed by atoms with Gasteiger partial charge in [-0.2, -0.15) is 0 Å². The predicted molar refractivity (Wildman–Crippen MR) is 211 cm³/mol. The van der Waals surface area contributed by atoms with Gasteiger partial charge in [0.05, 0.1) is 33.8 Å². The topological polar surface area (TPSA) is 85.2 Å². The second-order valence-electron chi connectivity index (χ2n) is 13.8. The smallest absolute Gasteiger partial charge is 0.259 e. The number of hydrogen-bond acceptors (Lipinski definition) is 5. The molecule has 0 bridgehead atoms. The Hall–Kier alpha value is -5.86. The van der Waals surface area contributed by atoms with E-state index in [4.69, 9.17) is 9.97 Å². The Morgan fingerprint density at radius 2 is 1.28 bits per heavy atom. The third-order valence-corrected chi connectivity index (χ3v) is 12.6. The molecule has 0 fully saturated rings. The second-order valence-corrected chi connectivity index (χ2v) is 16.3. The molecule has 1 aliphatic rings. The van der Waals surface area contributed by atoms with Crippen LogP contribution in [-0.2, 0) is 15.4 Å². The minimum absolute atomic E-state index is 0.0710. The fraction of sp³-hybridized carbons (Fsp3) is 0.178. The number of fused-ring (bicyclic) bond motifs is 2. The summed E-state index contributed by atoms with van der Waals surface area (Å²) in [5.74, 6) is -0.0710. The van der Waals surface area contributed by atoms with Gasteiger partial charge in [0, 0.05) is 17.3 Å². The van der Waals surface area contributed by atoms with Crippen LogP contribution < -0.4 is 4.90 Å². The fourth-order valence-corrected chi connectivity index (χ4v) is 8.88. The van der Waals surface area contributed by atoms with Crippen molar-refractivity contribution in [2.45, 2.75) is 55.3 Å². The summed E-state index contributed by atoms with van der Waals surface area (Å²) in [6.45, 7) is 5.50. The van der Waals surface area contributed by atoms with Gasteiger partial charge in [0.2, 0.25) is 0 Å². The first-order valence-corrected chi connectivity index (χ1v) is 19.6. The van der Waals surface area contributed by atoms with Crippen LogP contribution in [0, 0.1) is 0 Å². The molecule has 8 rings (SSSR count). The van der Waals surface area contributed by atoms with E-state index in [9.17, 15) is 13.2 Å². The van der Waals surface area contributed by atoms with Crippen LogP contribution in [-0.4, -0.2) is 34.1 Å². The molecular weight excluding hydrogens is 677 g/mol. The molecule has 7 aromatic rings. The first-order chi connectivity index (χ1) is 25.8. The molecule has 53 heavy (non-hydrogen) atoms. The van der Waals surface area contributed by atoms with Crippen molar-refractivity contribution < 1.29 is 13.2 Å². The first-order valence-electron chi connectivity index (χ1n) is 18.1. The number of aromatic nitrogens is 3. The number of hydrogen-bond donors (Lipinski definition) is 0. The summed E-state index contributed by atoms with van der Waals surface area (Å²) in [4.78, 5) is 27.2. The molecule has 264 valence electrons. The number of sulfone groups is 1. The number of nitrogens with zero attached hydrogens (tertiary/aromatic N) is 4. The lowest BCUT2D eigenvalue weighted by Crippen LogP contribution is -2.37. The SMILES string of the molecule is CCCC1c2ccccc2C(=O)N1c1cn(C(c2ccccc2)(c2ccccc2)c2ccccc2)c2ncc(-c3ccc(S(=O)(=O)C(C)C)cc3)nc12. The summed E-state index contributed by atoms with van der Waals surface area (Å²) in [7, 11) is -3.45. The molecule has 0 saturated carbocycles. The van der Waals surface area contributed by atoms with Crippen molar-refractivity contribution in [3.8, 4) is 11.3 Å². The van der Waals surface area contributed by atoms with Crippen molar-refractivity contribution in [3.63, 3.8) is 0 Å². The molecule has 3 heterocycles. The van der Waals surface area contributed by atoms with Gasteiger partial charge in [0.15, 0.2) is 15.5 Å². The van der Waals surface area contributed by atoms with Gasteiger partial charge in [-0.25, -0.2) is 18.4 Å². The highest BCUT2D eigenvalue weighted by atomic mass is 32.2. The molecule has 1 amide bonds. The molecule has 8 heteroatoms. The summed E-state index contributed by atoms with van der Waals surface area (Å²) >= 11 is 0. The molecule has 0 spiro atoms. The van der Waals surface area contributed by atoms with Crippen LogP contribution in [0.25, 0.3) is 22.4 Å². The van der Waals surface area contributed by atoms with E-state index in [2.05, 4.69) is 60.2 Å². The highest BCUT2D eigenvalue weighted by Crippen LogP contribution is 2.48. The van der Waals surface area contributed by atoms with Crippen LogP contribution >= 0.6 is 0 Å². The predicted octanol–water partition coefficient (Wildman–Crippen LogP) is 9.62. The fourth-order valence-electron chi connectivity index (χ4n) is 7.82. The van der Waals surface area contributed by atoms with E-state index in [-0.39, 0.29) is 16.8 Å². The molecule has 1 atom stereocenters. The summed E-state index contributed by atoms with van der Waals surface area (Å²) in [5.41, 5.74) is 7.02. The van der Waals surface area contributed by atoms with Crippen molar-refractivity contribution in [3.05, 3.63) is 180 Å². The van der Waals surface area contributed by atoms with E-state index in [0.29, 0.717) is 28.1 Å². The maximum atomic E-state index is 14.5. The Balaban J connectivity index is 1.44. The maximum absolute atomic E-state index is 14.5. The number of rotatable bonds is 10. The molecule has 5 aromatic carbocycles. The zero-order valence-electron chi connectivity index (χ0n) is 29.9. The standard InChI is InChI=1S/C45H40N4O3S/c1-4-16-40-37-23-14-15-24-38(37)44(50)49(40)41-30-48(43-42(41)47-39(29-46-43)32-25-27-36(28-26-32)53(51,52)31(2)3)45(33-17-8-5-9-18-33,34-19-10-6-11-20-34)35-21-12-7-13-22-35/h5-15,17-31,40H,4,16H2,1-3H3. The third-order valence-electron chi connectivity index (χ3n) is 10.4. The minimum Gasteiger partial charge on any atom is -0.310 e. The number of anilines is 1. The molecule has 1 aliphatic heterocycles. The van der Waals surface area contributed by atoms with Crippen molar-refractivity contribution in [1.29, 1.82) is 0 Å². The molecular formula is C45H40N4O3S. The summed E-state index contributed by atoms with van der Waals surface area (Å²) in [6, 6.07) is 45.7. The maximum Gasteiger partial charge on any atom is 0.259 e. The Morgan fingerprint density at radius 1 is 0.736 bits per heavy atom. The zero-order valence-corrected chi connectivity index (χ0v) is 30.7. The zero-order chi connectivity index (χ0) is 36.7. The quantitative estimate of drug-likeness (QED) is 0.132. The van der Waals surface area contributed by atoms with Gasteiger partial charge in [-0.05, 0) is 60.7 Å². The Labute approximate surface area is 310 Å². The number of carbonyl (C=O) groups is 1. The van der Waals surface area contributed by atoms with Gasteiger partial charge in [-0.1, -0.05) is 135 Å². The molecule has 0 aliphatic carbocycles. The molecule has 0 N–H and O–H groups in total. The van der Waals surface area contributed by atoms with E-state index < -0.39 is 20.6 Å². The van der Waals surface area contributed by atoms with Crippen molar-refractivity contribution >= 4 is 32.6 Å². The molecule has 0 saturated heterocycles. The monoisotopic (exact) mass is 716 g/mol. The van der Waals surface area contributed by atoms with Gasteiger partial charge < -0.3 is 4.57 Å². The van der Waals surface area contributed by atoms with Crippen LogP contribution in [0.3, 0.4) is 0 Å². The first kappa shape index (κ1) is 34.2. The van der Waals surface area contributed by atoms with Crippen molar-refractivity contribution in [2.24, 2.45) is 0 Å². The van der Waals surface area contributed by atoms with E-state index >= 15 is 0 Å². The van der Waals surface area contributed by atoms with E-state index in [1.54, 1.807) is 44.3 Å². The lowest BCUT2D eigenvalue weighted by Gasteiger charge is -2.38. The van der Waals surface area contributed by atoms with E-state index in [1.807, 2.05) is 77.7 Å². The number of amides is 1. The lowest BCUT2D eigenvalue weighted by atomic mass is 9.76. The average Bonchev–Trinajstić information content (AvgIpc) is 3.70. The van der Waals surface area contributed by atoms with Gasteiger partial charge in [-0.15, -0.1) is 0 Å². The molecule has 0 radical (unpaired) electrons. The van der Waals surface area contributed by atoms with Crippen LogP contribution in [0.4, 0.5) is 5.69 Å². The second kappa shape index (κ2) is 13.6. The minimum atomic E-state index is -3.45. The highest BCUT2D eigenvalue weighted by molar-refractivity contribution is 7.92. The number of benzene rings is 5. The van der Waals surface area contributed by atoms with Gasteiger partial charge in [-0.3, -0.25) is 9.69 Å². The average molecular weight is 717 g/mol. The van der Waals surface area contributed by atoms with Crippen LogP contribution in [0.2, 0.25) is 0 Å². The number of carbonyl (C=O) groups excluding carboxylic acids is 1. The van der Waals surface area contributed by atoms with E-state index in [0.717, 1.165) is 40.7 Å².